The number of amides is 1. The molecule has 0 aliphatic carbocycles. The first kappa shape index (κ1) is 20.9. The molecule has 0 radical (unpaired) electrons. The third-order valence-corrected chi connectivity index (χ3v) is 7.58. The van der Waals surface area contributed by atoms with Crippen molar-refractivity contribution in [2.75, 3.05) is 13.1 Å². The number of benzene rings is 1. The highest BCUT2D eigenvalue weighted by Gasteiger charge is 2.34. The topological polar surface area (TPSA) is 66.5 Å². The van der Waals surface area contributed by atoms with E-state index in [4.69, 9.17) is 0 Å². The minimum atomic E-state index is -3.53. The van der Waals surface area contributed by atoms with Gasteiger partial charge in [-0.3, -0.25) is 4.79 Å². The number of nitrogens with one attached hydrogen (secondary N) is 1. The molecule has 0 spiro atoms. The van der Waals surface area contributed by atoms with E-state index in [0.29, 0.717) is 30.8 Å². The van der Waals surface area contributed by atoms with Gasteiger partial charge in [-0.1, -0.05) is 24.6 Å². The fourth-order valence-electron chi connectivity index (χ4n) is 3.59. The van der Waals surface area contributed by atoms with Gasteiger partial charge in [0, 0.05) is 24.5 Å². The molecule has 1 aliphatic rings. The molecule has 5 nitrogen and oxygen atoms in total. The smallest absolute Gasteiger partial charge is 0.243 e. The molecule has 146 valence electrons. The Hall–Kier alpha value is -1.40. The molecule has 2 rings (SSSR count). The van der Waals surface area contributed by atoms with E-state index in [1.165, 1.54) is 4.31 Å². The zero-order valence-corrected chi connectivity index (χ0v) is 17.7. The van der Waals surface area contributed by atoms with Crippen molar-refractivity contribution in [3.63, 3.8) is 0 Å². The number of piperidine rings is 1. The molecular weight excluding hydrogens is 348 g/mol. The maximum absolute atomic E-state index is 13.1. The minimum absolute atomic E-state index is 0.0385. The van der Waals surface area contributed by atoms with E-state index >= 15 is 0 Å². The van der Waals surface area contributed by atoms with Crippen LogP contribution in [-0.4, -0.2) is 37.3 Å². The number of hydrogen-bond acceptors (Lipinski definition) is 3. The minimum Gasteiger partial charge on any atom is -0.351 e. The molecule has 1 saturated heterocycles. The molecule has 6 heteroatoms. The molecule has 1 heterocycles. The number of sulfonamides is 1. The van der Waals surface area contributed by atoms with E-state index in [1.54, 1.807) is 0 Å². The molecule has 1 aromatic rings. The SMILES string of the molecule is CCC(C)(C)NC(=O)C1CCN(S(=O)(=O)c2c(C)cc(C)cc2C)CC1. The number of rotatable bonds is 5. The Morgan fingerprint density at radius 2 is 1.65 bits per heavy atom. The second-order valence-electron chi connectivity index (χ2n) is 8.13. The lowest BCUT2D eigenvalue weighted by molar-refractivity contribution is -0.127. The highest BCUT2D eigenvalue weighted by molar-refractivity contribution is 7.89. The second-order valence-corrected chi connectivity index (χ2v) is 10.0. The van der Waals surface area contributed by atoms with E-state index in [-0.39, 0.29) is 17.4 Å². The van der Waals surface area contributed by atoms with E-state index < -0.39 is 10.0 Å². The second kappa shape index (κ2) is 7.69. The maximum Gasteiger partial charge on any atom is 0.243 e. The first-order valence-corrected chi connectivity index (χ1v) is 10.8. The van der Waals surface area contributed by atoms with Crippen molar-refractivity contribution in [3.8, 4) is 0 Å². The third kappa shape index (κ3) is 4.46. The predicted octanol–water partition coefficient (Wildman–Crippen LogP) is 3.32. The number of hydrogen-bond donors (Lipinski definition) is 1. The summed E-state index contributed by atoms with van der Waals surface area (Å²) >= 11 is 0. The summed E-state index contributed by atoms with van der Waals surface area (Å²) in [5.74, 6) is -0.0796. The molecule has 26 heavy (non-hydrogen) atoms. The highest BCUT2D eigenvalue weighted by atomic mass is 32.2. The fourth-order valence-corrected chi connectivity index (χ4v) is 5.47. The molecule has 0 bridgehead atoms. The monoisotopic (exact) mass is 380 g/mol. The highest BCUT2D eigenvalue weighted by Crippen LogP contribution is 2.29. The van der Waals surface area contributed by atoms with Gasteiger partial charge in [0.05, 0.1) is 4.90 Å². The van der Waals surface area contributed by atoms with Crippen LogP contribution in [0.2, 0.25) is 0 Å². The van der Waals surface area contributed by atoms with E-state index in [0.717, 1.165) is 23.1 Å². The Kier molecular flexibility index (Phi) is 6.18. The first-order chi connectivity index (χ1) is 12.0. The Morgan fingerprint density at radius 3 is 2.12 bits per heavy atom. The Bertz CT molecular complexity index is 753. The summed E-state index contributed by atoms with van der Waals surface area (Å²) in [6.07, 6.45) is 1.99. The zero-order valence-electron chi connectivity index (χ0n) is 16.8. The van der Waals surface area contributed by atoms with E-state index in [2.05, 4.69) is 5.32 Å². The summed E-state index contributed by atoms with van der Waals surface area (Å²) in [4.78, 5) is 12.9. The number of carbonyl (C=O) groups is 1. The summed E-state index contributed by atoms with van der Waals surface area (Å²) in [6, 6.07) is 3.82. The van der Waals surface area contributed by atoms with Gasteiger partial charge < -0.3 is 5.32 Å². The van der Waals surface area contributed by atoms with Crippen molar-refractivity contribution in [3.05, 3.63) is 28.8 Å². The quantitative estimate of drug-likeness (QED) is 0.852. The van der Waals surface area contributed by atoms with Crippen molar-refractivity contribution in [1.82, 2.24) is 9.62 Å². The van der Waals surface area contributed by atoms with E-state index in [9.17, 15) is 13.2 Å². The van der Waals surface area contributed by atoms with Crippen LogP contribution in [-0.2, 0) is 14.8 Å². The van der Waals surface area contributed by atoms with Crippen LogP contribution in [0.5, 0.6) is 0 Å². The van der Waals surface area contributed by atoms with Gasteiger partial charge in [0.25, 0.3) is 0 Å². The lowest BCUT2D eigenvalue weighted by Gasteiger charge is -2.33. The van der Waals surface area contributed by atoms with Gasteiger partial charge >= 0.3 is 0 Å². The van der Waals surface area contributed by atoms with E-state index in [1.807, 2.05) is 53.7 Å². The van der Waals surface area contributed by atoms with Crippen LogP contribution in [0.3, 0.4) is 0 Å². The fraction of sp³-hybridized carbons (Fsp3) is 0.650. The van der Waals surface area contributed by atoms with Crippen LogP contribution in [0.25, 0.3) is 0 Å². The number of aryl methyl sites for hydroxylation is 3. The van der Waals surface area contributed by atoms with Crippen LogP contribution in [0.15, 0.2) is 17.0 Å². The normalized spacial score (nSPS) is 17.3. The first-order valence-electron chi connectivity index (χ1n) is 9.38. The van der Waals surface area contributed by atoms with Crippen LogP contribution >= 0.6 is 0 Å². The van der Waals surface area contributed by atoms with Crippen molar-refractivity contribution in [2.24, 2.45) is 5.92 Å². The maximum atomic E-state index is 13.1. The molecule has 0 saturated carbocycles. The third-order valence-electron chi connectivity index (χ3n) is 5.37. The van der Waals surface area contributed by atoms with Gasteiger partial charge in [-0.25, -0.2) is 8.42 Å². The summed E-state index contributed by atoms with van der Waals surface area (Å²) in [5, 5.41) is 3.08. The standard InChI is InChI=1S/C20H32N2O3S/c1-7-20(5,6)21-19(23)17-8-10-22(11-9-17)26(24,25)18-15(3)12-14(2)13-16(18)4/h12-13,17H,7-11H2,1-6H3,(H,21,23). The van der Waals surface area contributed by atoms with Crippen LogP contribution in [0, 0.1) is 26.7 Å². The molecule has 1 fully saturated rings. The molecule has 0 unspecified atom stereocenters. The Morgan fingerprint density at radius 1 is 1.15 bits per heavy atom. The van der Waals surface area contributed by atoms with Crippen molar-refractivity contribution in [2.45, 2.75) is 71.2 Å². The molecule has 0 atom stereocenters. The van der Waals surface area contributed by atoms with Crippen LogP contribution in [0.1, 0.15) is 56.7 Å². The molecule has 1 amide bonds. The summed E-state index contributed by atoms with van der Waals surface area (Å²) in [6.45, 7) is 12.5. The Labute approximate surface area is 158 Å². The van der Waals surface area contributed by atoms with Gasteiger partial charge in [-0.15, -0.1) is 0 Å². The number of carbonyl (C=O) groups excluding carboxylic acids is 1. The van der Waals surface area contributed by atoms with Crippen molar-refractivity contribution in [1.29, 1.82) is 0 Å². The number of nitrogens with zero attached hydrogens (tertiary/aromatic N) is 1. The Balaban J connectivity index is 2.11. The summed E-state index contributed by atoms with van der Waals surface area (Å²) in [7, 11) is -3.53. The van der Waals surface area contributed by atoms with Crippen molar-refractivity contribution < 1.29 is 13.2 Å². The predicted molar refractivity (Wildman–Crippen MR) is 105 cm³/mol. The zero-order chi connectivity index (χ0) is 19.7. The van der Waals surface area contributed by atoms with Crippen LogP contribution in [0.4, 0.5) is 0 Å². The summed E-state index contributed by atoms with van der Waals surface area (Å²) in [5.41, 5.74) is 2.41. The van der Waals surface area contributed by atoms with Gasteiger partial charge in [0.1, 0.15) is 0 Å². The average Bonchev–Trinajstić information content (AvgIpc) is 2.53. The summed E-state index contributed by atoms with van der Waals surface area (Å²) < 4.78 is 27.8. The lowest BCUT2D eigenvalue weighted by atomic mass is 9.94. The average molecular weight is 381 g/mol. The van der Waals surface area contributed by atoms with Crippen molar-refractivity contribution >= 4 is 15.9 Å². The molecule has 1 N–H and O–H groups in total. The molecule has 0 aromatic heterocycles. The lowest BCUT2D eigenvalue weighted by Crippen LogP contribution is -2.49. The van der Waals surface area contributed by atoms with Gasteiger partial charge in [0.2, 0.25) is 15.9 Å². The molecule has 1 aliphatic heterocycles. The van der Waals surface area contributed by atoms with Gasteiger partial charge in [-0.05, 0) is 65.0 Å². The molecular formula is C20H32N2O3S. The van der Waals surface area contributed by atoms with Gasteiger partial charge in [-0.2, -0.15) is 4.31 Å². The largest absolute Gasteiger partial charge is 0.351 e. The molecule has 1 aromatic carbocycles. The van der Waals surface area contributed by atoms with Crippen LogP contribution < -0.4 is 5.32 Å². The van der Waals surface area contributed by atoms with Gasteiger partial charge in [0.15, 0.2) is 0 Å².